The Morgan fingerprint density at radius 1 is 1.48 bits per heavy atom. The zero-order valence-electron chi connectivity index (χ0n) is 12.5. The second kappa shape index (κ2) is 6.86. The van der Waals surface area contributed by atoms with Gasteiger partial charge in [-0.2, -0.15) is 4.98 Å². The number of aliphatic hydroxyl groups excluding tert-OH is 2. The summed E-state index contributed by atoms with van der Waals surface area (Å²) in [5.41, 5.74) is -0.774. The number of aliphatic hydroxyl groups is 2. The molecule has 2 rings (SSSR count). The van der Waals surface area contributed by atoms with E-state index in [0.717, 1.165) is 11.5 Å². The lowest BCUT2D eigenvalue weighted by molar-refractivity contribution is -0.156. The van der Waals surface area contributed by atoms with Crippen molar-refractivity contribution in [3.8, 4) is 0 Å². The highest BCUT2D eigenvalue weighted by Gasteiger charge is 2.47. The highest BCUT2D eigenvalue weighted by Crippen LogP contribution is 2.30. The van der Waals surface area contributed by atoms with E-state index in [1.54, 1.807) is 0 Å². The van der Waals surface area contributed by atoms with Crippen molar-refractivity contribution < 1.29 is 29.3 Å². The lowest BCUT2D eigenvalue weighted by Gasteiger charge is -2.21. The van der Waals surface area contributed by atoms with Gasteiger partial charge in [-0.25, -0.2) is 4.79 Å². The van der Waals surface area contributed by atoms with Crippen LogP contribution in [0.25, 0.3) is 0 Å². The molecule has 10 nitrogen and oxygen atoms in total. The lowest BCUT2D eigenvalue weighted by atomic mass is 10.1. The second-order valence-electron chi connectivity index (χ2n) is 5.00. The Morgan fingerprint density at radius 2 is 2.17 bits per heavy atom. The summed E-state index contributed by atoms with van der Waals surface area (Å²) in [4.78, 5) is 37.9. The van der Waals surface area contributed by atoms with E-state index in [1.807, 2.05) is 0 Å². The molecule has 1 aliphatic heterocycles. The molecule has 10 heteroatoms. The van der Waals surface area contributed by atoms with E-state index < -0.39 is 42.8 Å². The Labute approximate surface area is 130 Å². The van der Waals surface area contributed by atoms with Crippen LogP contribution in [0.4, 0.5) is 5.82 Å². The van der Waals surface area contributed by atoms with E-state index in [0.29, 0.717) is 0 Å². The summed E-state index contributed by atoms with van der Waals surface area (Å²) in [6.45, 7) is 1.91. The van der Waals surface area contributed by atoms with Crippen LogP contribution in [-0.4, -0.2) is 56.6 Å². The third-order valence-corrected chi connectivity index (χ3v) is 3.20. The summed E-state index contributed by atoms with van der Waals surface area (Å²) in [5.74, 6) is -1.00. The predicted octanol–water partition coefficient (Wildman–Crippen LogP) is -1.62. The van der Waals surface area contributed by atoms with Gasteiger partial charge in [-0.15, -0.1) is 0 Å². The average molecular weight is 327 g/mol. The number of nitrogens with one attached hydrogen (secondary N) is 1. The SMILES string of the molecule is CC(=O)Nc1ccn([C@@H]2O[C@H](CO)[C@@H](O)[C@@H]2OC(C)=O)c(=O)n1. The number of nitrogens with zero attached hydrogens (tertiary/aromatic N) is 2. The molecule has 1 saturated heterocycles. The summed E-state index contributed by atoms with van der Waals surface area (Å²) >= 11 is 0. The van der Waals surface area contributed by atoms with Gasteiger partial charge in [0.1, 0.15) is 18.0 Å². The molecule has 1 fully saturated rings. The molecule has 0 aromatic carbocycles. The molecule has 0 aliphatic carbocycles. The van der Waals surface area contributed by atoms with Gasteiger partial charge in [-0.3, -0.25) is 14.2 Å². The zero-order valence-corrected chi connectivity index (χ0v) is 12.5. The Morgan fingerprint density at radius 3 is 2.70 bits per heavy atom. The molecular weight excluding hydrogens is 310 g/mol. The van der Waals surface area contributed by atoms with Crippen LogP contribution in [-0.2, 0) is 19.1 Å². The fourth-order valence-corrected chi connectivity index (χ4v) is 2.27. The Bertz CT molecular complexity index is 659. The number of hydrogen-bond acceptors (Lipinski definition) is 8. The Kier molecular flexibility index (Phi) is 5.08. The van der Waals surface area contributed by atoms with Gasteiger partial charge in [0.2, 0.25) is 5.91 Å². The Hall–Kier alpha value is -2.30. The number of carbonyl (C=O) groups excluding carboxylic acids is 2. The predicted molar refractivity (Wildman–Crippen MR) is 75.4 cm³/mol. The van der Waals surface area contributed by atoms with Crippen molar-refractivity contribution in [1.29, 1.82) is 0 Å². The Balaban J connectivity index is 2.32. The molecule has 2 heterocycles. The van der Waals surface area contributed by atoms with Gasteiger partial charge in [0, 0.05) is 20.0 Å². The maximum absolute atomic E-state index is 12.1. The van der Waals surface area contributed by atoms with Crippen molar-refractivity contribution in [2.75, 3.05) is 11.9 Å². The quantitative estimate of drug-likeness (QED) is 0.561. The molecule has 0 radical (unpaired) electrons. The first-order valence-electron chi connectivity index (χ1n) is 6.82. The van der Waals surface area contributed by atoms with Crippen LogP contribution in [0, 0.1) is 0 Å². The minimum atomic E-state index is -1.30. The number of carbonyl (C=O) groups is 2. The van der Waals surface area contributed by atoms with Crippen molar-refractivity contribution in [3.05, 3.63) is 22.7 Å². The number of aromatic nitrogens is 2. The minimum Gasteiger partial charge on any atom is -0.455 e. The van der Waals surface area contributed by atoms with Crippen LogP contribution >= 0.6 is 0 Å². The maximum Gasteiger partial charge on any atom is 0.351 e. The van der Waals surface area contributed by atoms with Crippen LogP contribution in [0.15, 0.2) is 17.1 Å². The molecule has 1 aromatic rings. The zero-order chi connectivity index (χ0) is 17.1. The van der Waals surface area contributed by atoms with Crippen LogP contribution < -0.4 is 11.0 Å². The topological polar surface area (TPSA) is 140 Å². The fourth-order valence-electron chi connectivity index (χ4n) is 2.27. The summed E-state index contributed by atoms with van der Waals surface area (Å²) in [5, 5.41) is 21.6. The molecule has 3 N–H and O–H groups in total. The van der Waals surface area contributed by atoms with Crippen molar-refractivity contribution in [2.45, 2.75) is 38.4 Å². The molecule has 0 saturated carbocycles. The van der Waals surface area contributed by atoms with Crippen LogP contribution in [0.3, 0.4) is 0 Å². The number of anilines is 1. The first kappa shape index (κ1) is 17.1. The van der Waals surface area contributed by atoms with Gasteiger partial charge in [-0.1, -0.05) is 0 Å². The van der Waals surface area contributed by atoms with E-state index in [-0.39, 0.29) is 11.7 Å². The standard InChI is InChI=1S/C13H17N3O7/c1-6(18)14-9-3-4-16(13(21)15-9)12-11(22-7(2)19)10(20)8(5-17)23-12/h3-4,8,10-12,17,20H,5H2,1-2H3,(H,14,15,18,21)/t8-,10-,11+,12-/m1/s1. The van der Waals surface area contributed by atoms with Gasteiger partial charge in [0.15, 0.2) is 12.3 Å². The largest absolute Gasteiger partial charge is 0.455 e. The molecule has 1 amide bonds. The smallest absolute Gasteiger partial charge is 0.351 e. The van der Waals surface area contributed by atoms with E-state index in [2.05, 4.69) is 10.3 Å². The molecule has 4 atom stereocenters. The number of hydrogen-bond donors (Lipinski definition) is 3. The van der Waals surface area contributed by atoms with E-state index in [1.165, 1.54) is 19.2 Å². The van der Waals surface area contributed by atoms with Crippen molar-refractivity contribution >= 4 is 17.7 Å². The van der Waals surface area contributed by atoms with Crippen molar-refractivity contribution in [2.24, 2.45) is 0 Å². The monoisotopic (exact) mass is 327 g/mol. The molecule has 1 aliphatic rings. The molecule has 126 valence electrons. The van der Waals surface area contributed by atoms with Gasteiger partial charge < -0.3 is 25.0 Å². The molecule has 0 bridgehead atoms. The highest BCUT2D eigenvalue weighted by molar-refractivity contribution is 5.87. The third kappa shape index (κ3) is 3.73. The van der Waals surface area contributed by atoms with Gasteiger partial charge >= 0.3 is 11.7 Å². The normalized spacial score (nSPS) is 26.8. The van der Waals surface area contributed by atoms with Crippen molar-refractivity contribution in [1.82, 2.24) is 9.55 Å². The van der Waals surface area contributed by atoms with Crippen molar-refractivity contribution in [3.63, 3.8) is 0 Å². The first-order chi connectivity index (χ1) is 10.8. The summed E-state index contributed by atoms with van der Waals surface area (Å²) in [7, 11) is 0. The third-order valence-electron chi connectivity index (χ3n) is 3.20. The van der Waals surface area contributed by atoms with E-state index in [4.69, 9.17) is 9.47 Å². The molecule has 23 heavy (non-hydrogen) atoms. The van der Waals surface area contributed by atoms with Gasteiger partial charge in [0.05, 0.1) is 6.61 Å². The maximum atomic E-state index is 12.1. The lowest BCUT2D eigenvalue weighted by Crippen LogP contribution is -2.39. The van der Waals surface area contributed by atoms with Crippen LogP contribution in [0.2, 0.25) is 0 Å². The number of ether oxygens (including phenoxy) is 2. The molecule has 1 aromatic heterocycles. The minimum absolute atomic E-state index is 0.0556. The van der Waals surface area contributed by atoms with Gasteiger partial charge in [0.25, 0.3) is 0 Å². The highest BCUT2D eigenvalue weighted by atomic mass is 16.6. The van der Waals surface area contributed by atoms with Gasteiger partial charge in [-0.05, 0) is 6.07 Å². The summed E-state index contributed by atoms with van der Waals surface area (Å²) in [6, 6.07) is 1.36. The number of amides is 1. The molecule has 0 spiro atoms. The van der Waals surface area contributed by atoms with E-state index in [9.17, 15) is 24.6 Å². The average Bonchev–Trinajstić information content (AvgIpc) is 2.75. The van der Waals surface area contributed by atoms with Crippen LogP contribution in [0.1, 0.15) is 20.1 Å². The molecule has 0 unspecified atom stereocenters. The van der Waals surface area contributed by atoms with Crippen LogP contribution in [0.5, 0.6) is 0 Å². The first-order valence-corrected chi connectivity index (χ1v) is 6.82. The second-order valence-corrected chi connectivity index (χ2v) is 5.00. The fraction of sp³-hybridized carbons (Fsp3) is 0.538. The summed E-state index contributed by atoms with van der Waals surface area (Å²) in [6.07, 6.45) is -3.33. The van der Waals surface area contributed by atoms with E-state index >= 15 is 0 Å². The molecular formula is C13H17N3O7. The summed E-state index contributed by atoms with van der Waals surface area (Å²) < 4.78 is 11.4. The number of esters is 1. The number of rotatable bonds is 4.